The molecule has 1 saturated carbocycles. The third-order valence-corrected chi connectivity index (χ3v) is 3.23. The van der Waals surface area contributed by atoms with Gasteiger partial charge in [0.05, 0.1) is 10.6 Å². The lowest BCUT2D eigenvalue weighted by Crippen LogP contribution is -2.35. The number of hydrogen-bond acceptors (Lipinski definition) is 3. The Morgan fingerprint density at radius 1 is 1.26 bits per heavy atom. The maximum absolute atomic E-state index is 11.8. The lowest BCUT2D eigenvalue weighted by Gasteiger charge is -2.07. The van der Waals surface area contributed by atoms with Gasteiger partial charge in [0.1, 0.15) is 5.15 Å². The standard InChI is InChI=1S/C12H13Cl2N3O2/c13-9-6-17-10(14)5-8(9)12(19)16-4-3-15-11(18)7-1-2-7/h5-7H,1-4H2,(H,15,18)(H,16,19). The molecule has 0 radical (unpaired) electrons. The first-order chi connectivity index (χ1) is 9.08. The second kappa shape index (κ2) is 6.21. The van der Waals surface area contributed by atoms with Crippen molar-refractivity contribution in [1.82, 2.24) is 15.6 Å². The third kappa shape index (κ3) is 4.08. The monoisotopic (exact) mass is 301 g/mol. The van der Waals surface area contributed by atoms with Gasteiger partial charge in [-0.3, -0.25) is 9.59 Å². The van der Waals surface area contributed by atoms with Crippen LogP contribution in [0.15, 0.2) is 12.3 Å². The van der Waals surface area contributed by atoms with Crippen molar-refractivity contribution >= 4 is 35.0 Å². The predicted molar refractivity (Wildman–Crippen MR) is 72.3 cm³/mol. The quantitative estimate of drug-likeness (QED) is 0.641. The van der Waals surface area contributed by atoms with Gasteiger partial charge in [-0.15, -0.1) is 0 Å². The highest BCUT2D eigenvalue weighted by atomic mass is 35.5. The predicted octanol–water partition coefficient (Wildman–Crippen LogP) is 1.64. The Kier molecular flexibility index (Phi) is 4.61. The highest BCUT2D eigenvalue weighted by Gasteiger charge is 2.29. The van der Waals surface area contributed by atoms with Crippen molar-refractivity contribution < 1.29 is 9.59 Å². The van der Waals surface area contributed by atoms with Crippen LogP contribution in [0.5, 0.6) is 0 Å². The molecule has 0 aliphatic heterocycles. The molecule has 1 aliphatic carbocycles. The Balaban J connectivity index is 1.77. The van der Waals surface area contributed by atoms with Crippen LogP contribution in [0.1, 0.15) is 23.2 Å². The molecule has 1 aromatic rings. The molecule has 1 heterocycles. The number of nitrogens with one attached hydrogen (secondary N) is 2. The van der Waals surface area contributed by atoms with E-state index < -0.39 is 0 Å². The normalized spacial score (nSPS) is 14.0. The first-order valence-corrected chi connectivity index (χ1v) is 6.70. The number of carbonyl (C=O) groups excluding carboxylic acids is 2. The number of amides is 2. The van der Waals surface area contributed by atoms with Crippen LogP contribution >= 0.6 is 23.2 Å². The highest BCUT2D eigenvalue weighted by Crippen LogP contribution is 2.28. The molecule has 19 heavy (non-hydrogen) atoms. The molecule has 2 amide bonds. The van der Waals surface area contributed by atoms with Gasteiger partial charge in [-0.2, -0.15) is 0 Å². The van der Waals surface area contributed by atoms with Crippen LogP contribution in [0.25, 0.3) is 0 Å². The average molecular weight is 302 g/mol. The maximum atomic E-state index is 11.8. The summed E-state index contributed by atoms with van der Waals surface area (Å²) in [6, 6.07) is 1.40. The summed E-state index contributed by atoms with van der Waals surface area (Å²) < 4.78 is 0. The van der Waals surface area contributed by atoms with Gasteiger partial charge < -0.3 is 10.6 Å². The van der Waals surface area contributed by atoms with Gasteiger partial charge in [-0.25, -0.2) is 4.98 Å². The number of rotatable bonds is 5. The fourth-order valence-electron chi connectivity index (χ4n) is 1.53. The average Bonchev–Trinajstić information content (AvgIpc) is 3.21. The first kappa shape index (κ1) is 14.1. The molecular weight excluding hydrogens is 289 g/mol. The molecule has 2 N–H and O–H groups in total. The van der Waals surface area contributed by atoms with Crippen molar-refractivity contribution in [3.8, 4) is 0 Å². The van der Waals surface area contributed by atoms with E-state index in [1.165, 1.54) is 12.3 Å². The van der Waals surface area contributed by atoms with Gasteiger partial charge in [0.2, 0.25) is 5.91 Å². The molecule has 5 nitrogen and oxygen atoms in total. The highest BCUT2D eigenvalue weighted by molar-refractivity contribution is 6.35. The molecule has 102 valence electrons. The van der Waals surface area contributed by atoms with E-state index in [2.05, 4.69) is 15.6 Å². The SMILES string of the molecule is O=C(NCCNC(=O)C1CC1)c1cc(Cl)ncc1Cl. The van der Waals surface area contributed by atoms with E-state index in [4.69, 9.17) is 23.2 Å². The van der Waals surface area contributed by atoms with Gasteiger partial charge in [0, 0.05) is 25.2 Å². The molecule has 0 aromatic carbocycles. The molecular formula is C12H13Cl2N3O2. The van der Waals surface area contributed by atoms with Crippen LogP contribution in [0.4, 0.5) is 0 Å². The molecule has 1 aromatic heterocycles. The van der Waals surface area contributed by atoms with Crippen molar-refractivity contribution in [1.29, 1.82) is 0 Å². The smallest absolute Gasteiger partial charge is 0.253 e. The third-order valence-electron chi connectivity index (χ3n) is 2.72. The van der Waals surface area contributed by atoms with Gasteiger partial charge in [-0.1, -0.05) is 23.2 Å². The van der Waals surface area contributed by atoms with Gasteiger partial charge >= 0.3 is 0 Å². The zero-order valence-electron chi connectivity index (χ0n) is 10.1. The molecule has 1 fully saturated rings. The molecule has 0 bridgehead atoms. The Morgan fingerprint density at radius 3 is 2.63 bits per heavy atom. The lowest BCUT2D eigenvalue weighted by atomic mass is 10.2. The van der Waals surface area contributed by atoms with E-state index >= 15 is 0 Å². The van der Waals surface area contributed by atoms with E-state index in [1.807, 2.05) is 0 Å². The number of hydrogen-bond donors (Lipinski definition) is 2. The van der Waals surface area contributed by atoms with E-state index in [0.29, 0.717) is 13.1 Å². The van der Waals surface area contributed by atoms with Crippen molar-refractivity contribution in [2.75, 3.05) is 13.1 Å². The van der Waals surface area contributed by atoms with Crippen LogP contribution < -0.4 is 10.6 Å². The van der Waals surface area contributed by atoms with Crippen LogP contribution in [0.2, 0.25) is 10.2 Å². The summed E-state index contributed by atoms with van der Waals surface area (Å²) in [6.45, 7) is 0.741. The second-order valence-corrected chi connectivity index (χ2v) is 5.10. The Morgan fingerprint density at radius 2 is 1.95 bits per heavy atom. The number of nitrogens with zero attached hydrogens (tertiary/aromatic N) is 1. The summed E-state index contributed by atoms with van der Waals surface area (Å²) in [7, 11) is 0. The summed E-state index contributed by atoms with van der Waals surface area (Å²) in [5.41, 5.74) is 0.273. The molecule has 0 unspecified atom stereocenters. The summed E-state index contributed by atoms with van der Waals surface area (Å²) in [6.07, 6.45) is 3.25. The molecule has 0 atom stereocenters. The van der Waals surface area contributed by atoms with Crippen LogP contribution in [0, 0.1) is 5.92 Å². The zero-order valence-corrected chi connectivity index (χ0v) is 11.6. The van der Waals surface area contributed by atoms with Crippen molar-refractivity contribution in [3.63, 3.8) is 0 Å². The number of pyridine rings is 1. The van der Waals surface area contributed by atoms with Crippen molar-refractivity contribution in [2.24, 2.45) is 5.92 Å². The fourth-order valence-corrected chi connectivity index (χ4v) is 1.88. The Labute approximate surface area is 120 Å². The molecule has 7 heteroatoms. The van der Waals surface area contributed by atoms with Crippen molar-refractivity contribution in [2.45, 2.75) is 12.8 Å². The van der Waals surface area contributed by atoms with Gasteiger partial charge in [-0.05, 0) is 18.9 Å². The van der Waals surface area contributed by atoms with Crippen LogP contribution in [-0.2, 0) is 4.79 Å². The largest absolute Gasteiger partial charge is 0.354 e. The van der Waals surface area contributed by atoms with Crippen LogP contribution in [0.3, 0.4) is 0 Å². The molecule has 2 rings (SSSR count). The van der Waals surface area contributed by atoms with E-state index in [-0.39, 0.29) is 33.5 Å². The number of carbonyl (C=O) groups is 2. The molecule has 0 spiro atoms. The first-order valence-electron chi connectivity index (χ1n) is 5.95. The molecule has 1 aliphatic rings. The van der Waals surface area contributed by atoms with Crippen LogP contribution in [-0.4, -0.2) is 29.9 Å². The second-order valence-electron chi connectivity index (χ2n) is 4.31. The Hall–Kier alpha value is -1.33. The molecule has 0 saturated heterocycles. The Bertz CT molecular complexity index is 504. The van der Waals surface area contributed by atoms with Gasteiger partial charge in [0.15, 0.2) is 0 Å². The number of halogens is 2. The zero-order chi connectivity index (χ0) is 13.8. The lowest BCUT2D eigenvalue weighted by molar-refractivity contribution is -0.122. The van der Waals surface area contributed by atoms with Gasteiger partial charge in [0.25, 0.3) is 5.91 Å². The summed E-state index contributed by atoms with van der Waals surface area (Å²) in [5.74, 6) is -0.113. The van der Waals surface area contributed by atoms with E-state index in [9.17, 15) is 9.59 Å². The fraction of sp³-hybridized carbons (Fsp3) is 0.417. The minimum Gasteiger partial charge on any atom is -0.354 e. The topological polar surface area (TPSA) is 71.1 Å². The minimum atomic E-state index is -0.338. The van der Waals surface area contributed by atoms with Crippen molar-refractivity contribution in [3.05, 3.63) is 28.0 Å². The summed E-state index contributed by atoms with van der Waals surface area (Å²) >= 11 is 11.6. The van der Waals surface area contributed by atoms with E-state index in [0.717, 1.165) is 12.8 Å². The minimum absolute atomic E-state index is 0.0548. The van der Waals surface area contributed by atoms with E-state index in [1.54, 1.807) is 0 Å². The maximum Gasteiger partial charge on any atom is 0.253 e. The number of aromatic nitrogens is 1. The summed E-state index contributed by atoms with van der Waals surface area (Å²) in [4.78, 5) is 26.9. The summed E-state index contributed by atoms with van der Waals surface area (Å²) in [5, 5.41) is 5.85.